The number of hydrogen-bond donors (Lipinski definition) is 0. The zero-order chi connectivity index (χ0) is 20.4. The van der Waals surface area contributed by atoms with E-state index in [1.165, 1.54) is 18.2 Å². The summed E-state index contributed by atoms with van der Waals surface area (Å²) in [6, 6.07) is 15.3. The molecule has 0 saturated heterocycles. The molecule has 5 nitrogen and oxygen atoms in total. The molecule has 1 aliphatic heterocycles. The Bertz CT molecular complexity index is 1020. The first kappa shape index (κ1) is 19.0. The molecule has 1 aliphatic rings. The Morgan fingerprint density at radius 1 is 1.07 bits per heavy atom. The summed E-state index contributed by atoms with van der Waals surface area (Å²) in [5.41, 5.74) is 2.98. The molecule has 0 fully saturated rings. The van der Waals surface area contributed by atoms with Crippen LogP contribution in [0.25, 0.3) is 11.1 Å². The molecule has 3 aromatic rings. The monoisotopic (exact) mass is 401 g/mol. The van der Waals surface area contributed by atoms with Crippen molar-refractivity contribution in [3.63, 3.8) is 0 Å². The van der Waals surface area contributed by atoms with E-state index in [1.54, 1.807) is 21.8 Å². The molecule has 0 spiro atoms. The zero-order valence-corrected chi connectivity index (χ0v) is 15.4. The highest BCUT2D eigenvalue weighted by Crippen LogP contribution is 2.31. The van der Waals surface area contributed by atoms with Crippen LogP contribution < -0.4 is 4.74 Å². The van der Waals surface area contributed by atoms with Crippen molar-refractivity contribution in [2.45, 2.75) is 25.9 Å². The lowest BCUT2D eigenvalue weighted by atomic mass is 10.0. The van der Waals surface area contributed by atoms with Gasteiger partial charge in [-0.25, -0.2) is 0 Å². The molecule has 8 heteroatoms. The van der Waals surface area contributed by atoms with Crippen molar-refractivity contribution in [1.29, 1.82) is 0 Å². The van der Waals surface area contributed by atoms with E-state index >= 15 is 0 Å². The fourth-order valence-corrected chi connectivity index (χ4v) is 3.44. The minimum absolute atomic E-state index is 0.00348. The van der Waals surface area contributed by atoms with E-state index < -0.39 is 6.36 Å². The second-order valence-corrected chi connectivity index (χ2v) is 6.78. The topological polar surface area (TPSA) is 47.4 Å². The number of rotatable bonds is 4. The van der Waals surface area contributed by atoms with Crippen LogP contribution in [0.5, 0.6) is 5.75 Å². The van der Waals surface area contributed by atoms with Gasteiger partial charge in [-0.15, -0.1) is 13.2 Å². The van der Waals surface area contributed by atoms with E-state index in [1.807, 2.05) is 30.3 Å². The van der Waals surface area contributed by atoms with Gasteiger partial charge in [0.25, 0.3) is 0 Å². The zero-order valence-electron chi connectivity index (χ0n) is 15.4. The van der Waals surface area contributed by atoms with Gasteiger partial charge in [-0.2, -0.15) is 5.10 Å². The Labute approximate surface area is 165 Å². The molecule has 4 rings (SSSR count). The molecule has 0 N–H and O–H groups in total. The van der Waals surface area contributed by atoms with Crippen LogP contribution in [0.2, 0.25) is 0 Å². The summed E-state index contributed by atoms with van der Waals surface area (Å²) >= 11 is 0. The lowest BCUT2D eigenvalue weighted by Gasteiger charge is -2.28. The highest BCUT2D eigenvalue weighted by molar-refractivity contribution is 5.79. The molecule has 0 saturated carbocycles. The number of halogens is 3. The summed E-state index contributed by atoms with van der Waals surface area (Å²) in [6.45, 7) is 1.43. The van der Waals surface area contributed by atoms with Gasteiger partial charge in [0.15, 0.2) is 0 Å². The third-order valence-corrected chi connectivity index (χ3v) is 4.80. The summed E-state index contributed by atoms with van der Waals surface area (Å²) in [5, 5.41) is 4.33. The number of amides is 1. The van der Waals surface area contributed by atoms with Crippen molar-refractivity contribution in [3.8, 4) is 16.9 Å². The van der Waals surface area contributed by atoms with Crippen LogP contribution in [0, 0.1) is 0 Å². The van der Waals surface area contributed by atoms with Crippen LogP contribution in [0.3, 0.4) is 0 Å². The Kier molecular flexibility index (Phi) is 5.00. The number of nitrogens with zero attached hydrogens (tertiary/aromatic N) is 3. The van der Waals surface area contributed by atoms with Crippen molar-refractivity contribution >= 4 is 5.91 Å². The van der Waals surface area contributed by atoms with E-state index in [9.17, 15) is 18.0 Å². The Morgan fingerprint density at radius 2 is 1.86 bits per heavy atom. The predicted octanol–water partition coefficient (Wildman–Crippen LogP) is 4.03. The van der Waals surface area contributed by atoms with Gasteiger partial charge in [-0.1, -0.05) is 42.5 Å². The quantitative estimate of drug-likeness (QED) is 0.663. The smallest absolute Gasteiger partial charge is 0.406 e. The molecule has 0 bridgehead atoms. The molecule has 1 amide bonds. The van der Waals surface area contributed by atoms with Crippen molar-refractivity contribution in [3.05, 3.63) is 72.1 Å². The number of ether oxygens (including phenoxy) is 1. The van der Waals surface area contributed by atoms with Gasteiger partial charge in [0.05, 0.1) is 31.4 Å². The van der Waals surface area contributed by atoms with Gasteiger partial charge in [-0.05, 0) is 23.3 Å². The summed E-state index contributed by atoms with van der Waals surface area (Å²) in [4.78, 5) is 14.5. The molecule has 29 heavy (non-hydrogen) atoms. The number of fused-ring (bicyclic) bond motifs is 1. The number of carbonyl (C=O) groups excluding carboxylic acids is 1. The van der Waals surface area contributed by atoms with Crippen LogP contribution in [0.15, 0.2) is 60.8 Å². The fourth-order valence-electron chi connectivity index (χ4n) is 3.44. The lowest BCUT2D eigenvalue weighted by molar-refractivity contribution is -0.274. The number of hydrogen-bond acceptors (Lipinski definition) is 3. The summed E-state index contributed by atoms with van der Waals surface area (Å²) < 4.78 is 43.4. The first-order chi connectivity index (χ1) is 13.9. The average molecular weight is 401 g/mol. The van der Waals surface area contributed by atoms with E-state index in [2.05, 4.69) is 9.84 Å². The second-order valence-electron chi connectivity index (χ2n) is 6.78. The first-order valence-electron chi connectivity index (χ1n) is 9.11. The van der Waals surface area contributed by atoms with Gasteiger partial charge >= 0.3 is 6.36 Å². The van der Waals surface area contributed by atoms with Crippen molar-refractivity contribution < 1.29 is 22.7 Å². The highest BCUT2D eigenvalue weighted by Gasteiger charge is 2.31. The van der Waals surface area contributed by atoms with Gasteiger partial charge in [0.2, 0.25) is 5.91 Å². The maximum Gasteiger partial charge on any atom is 0.573 e. The first-order valence-corrected chi connectivity index (χ1v) is 9.11. The fraction of sp³-hybridized carbons (Fsp3) is 0.238. The highest BCUT2D eigenvalue weighted by atomic mass is 19.4. The molecule has 0 atom stereocenters. The molecule has 0 aliphatic carbocycles. The van der Waals surface area contributed by atoms with Crippen LogP contribution in [-0.2, 0) is 24.3 Å². The lowest BCUT2D eigenvalue weighted by Crippen LogP contribution is -2.39. The van der Waals surface area contributed by atoms with E-state index in [4.69, 9.17) is 0 Å². The number of carbonyl (C=O) groups is 1. The van der Waals surface area contributed by atoms with Gasteiger partial charge < -0.3 is 9.64 Å². The third kappa shape index (κ3) is 4.42. The van der Waals surface area contributed by atoms with Crippen molar-refractivity contribution in [2.24, 2.45) is 0 Å². The van der Waals surface area contributed by atoms with E-state index in [0.717, 1.165) is 11.3 Å². The molecule has 0 unspecified atom stereocenters. The molecule has 150 valence electrons. The van der Waals surface area contributed by atoms with Gasteiger partial charge in [0.1, 0.15) is 5.75 Å². The molecule has 0 radical (unpaired) electrons. The minimum Gasteiger partial charge on any atom is -0.406 e. The molecular formula is C21H18F3N3O2. The second kappa shape index (κ2) is 7.62. The molecule has 2 heterocycles. The number of benzene rings is 2. The van der Waals surface area contributed by atoms with Crippen LogP contribution in [-0.4, -0.2) is 33.5 Å². The minimum atomic E-state index is -4.75. The molecule has 2 aromatic carbocycles. The normalized spacial score (nSPS) is 13.8. The Hall–Kier alpha value is -3.29. The van der Waals surface area contributed by atoms with Crippen molar-refractivity contribution in [1.82, 2.24) is 14.7 Å². The maximum absolute atomic E-state index is 12.7. The van der Waals surface area contributed by atoms with Crippen molar-refractivity contribution in [2.75, 3.05) is 6.54 Å². The Balaban J connectivity index is 1.55. The summed E-state index contributed by atoms with van der Waals surface area (Å²) in [6.07, 6.45) is -2.83. The standard InChI is InChI=1S/C21H18F3N3O2/c22-21(23,24)29-17-8-4-7-16(12-17)18-13-25-27-10-9-26(14-19(18)27)20(28)11-15-5-2-1-3-6-15/h1-8,12-13H,9-11,14H2. The summed E-state index contributed by atoms with van der Waals surface area (Å²) in [7, 11) is 0. The predicted molar refractivity (Wildman–Crippen MR) is 99.9 cm³/mol. The van der Waals surface area contributed by atoms with Crippen LogP contribution >= 0.6 is 0 Å². The molecular weight excluding hydrogens is 383 g/mol. The van der Waals surface area contributed by atoms with Crippen LogP contribution in [0.4, 0.5) is 13.2 Å². The maximum atomic E-state index is 12.7. The van der Waals surface area contributed by atoms with Crippen LogP contribution in [0.1, 0.15) is 11.3 Å². The van der Waals surface area contributed by atoms with Gasteiger partial charge in [0, 0.05) is 12.1 Å². The summed E-state index contributed by atoms with van der Waals surface area (Å²) in [5.74, 6) is -0.286. The number of alkyl halides is 3. The number of aromatic nitrogens is 2. The van der Waals surface area contributed by atoms with E-state index in [0.29, 0.717) is 37.2 Å². The largest absolute Gasteiger partial charge is 0.573 e. The van der Waals surface area contributed by atoms with E-state index in [-0.39, 0.29) is 11.7 Å². The average Bonchev–Trinajstić information content (AvgIpc) is 3.11. The van der Waals surface area contributed by atoms with Gasteiger partial charge in [-0.3, -0.25) is 9.48 Å². The third-order valence-electron chi connectivity index (χ3n) is 4.80. The Morgan fingerprint density at radius 3 is 2.62 bits per heavy atom. The molecule has 1 aromatic heterocycles. The SMILES string of the molecule is O=C(Cc1ccccc1)N1CCn2ncc(-c3cccc(OC(F)(F)F)c3)c2C1.